The fraction of sp³-hybridized carbons (Fsp3) is 0.0800. The number of carbonyl (C=O) groups is 3. The number of rotatable bonds is 6. The first-order valence-electron chi connectivity index (χ1n) is 10.1. The maximum atomic E-state index is 13.9. The van der Waals surface area contributed by atoms with E-state index in [1.54, 1.807) is 43.3 Å². The van der Waals surface area contributed by atoms with Gasteiger partial charge >= 0.3 is 5.97 Å². The SMILES string of the molecule is CCOc1cc(/C=C2\C(=O)NN(c3ccccc3)C2=O)ccc1OC(=O)c1ccccc1F. The van der Waals surface area contributed by atoms with E-state index >= 15 is 0 Å². The lowest BCUT2D eigenvalue weighted by Gasteiger charge is -2.14. The normalized spacial score (nSPS) is 14.4. The first-order valence-corrected chi connectivity index (χ1v) is 10.1. The van der Waals surface area contributed by atoms with Crippen LogP contribution in [0.5, 0.6) is 11.5 Å². The van der Waals surface area contributed by atoms with Gasteiger partial charge in [-0.2, -0.15) is 0 Å². The summed E-state index contributed by atoms with van der Waals surface area (Å²) in [7, 11) is 0. The first-order chi connectivity index (χ1) is 16.0. The summed E-state index contributed by atoms with van der Waals surface area (Å²) in [5.41, 5.74) is 3.28. The monoisotopic (exact) mass is 446 g/mol. The lowest BCUT2D eigenvalue weighted by molar-refractivity contribution is -0.117. The van der Waals surface area contributed by atoms with Crippen molar-refractivity contribution in [3.05, 3.63) is 95.3 Å². The van der Waals surface area contributed by atoms with Gasteiger partial charge in [0, 0.05) is 0 Å². The number of hydrogen-bond donors (Lipinski definition) is 1. The van der Waals surface area contributed by atoms with Gasteiger partial charge < -0.3 is 9.47 Å². The molecule has 0 spiro atoms. The summed E-state index contributed by atoms with van der Waals surface area (Å²) in [6.45, 7) is 2.02. The largest absolute Gasteiger partial charge is 0.490 e. The highest BCUT2D eigenvalue weighted by Crippen LogP contribution is 2.31. The highest BCUT2D eigenvalue weighted by Gasteiger charge is 2.34. The molecule has 1 saturated heterocycles. The fourth-order valence-corrected chi connectivity index (χ4v) is 3.23. The molecule has 33 heavy (non-hydrogen) atoms. The number of halogens is 1. The molecule has 0 aliphatic carbocycles. The molecular formula is C25H19FN2O5. The van der Waals surface area contributed by atoms with Crippen molar-refractivity contribution in [3.8, 4) is 11.5 Å². The van der Waals surface area contributed by atoms with Gasteiger partial charge in [0.15, 0.2) is 11.5 Å². The summed E-state index contributed by atoms with van der Waals surface area (Å²) in [6, 6.07) is 18.8. The van der Waals surface area contributed by atoms with Crippen LogP contribution in [0.15, 0.2) is 78.4 Å². The Bertz CT molecular complexity index is 1260. The van der Waals surface area contributed by atoms with E-state index in [4.69, 9.17) is 9.47 Å². The average molecular weight is 446 g/mol. The third-order valence-electron chi connectivity index (χ3n) is 4.78. The number of amides is 2. The molecular weight excluding hydrogens is 427 g/mol. The number of benzene rings is 3. The molecule has 1 heterocycles. The number of ether oxygens (including phenoxy) is 2. The molecule has 0 atom stereocenters. The fourth-order valence-electron chi connectivity index (χ4n) is 3.23. The number of anilines is 1. The summed E-state index contributed by atoms with van der Waals surface area (Å²) in [4.78, 5) is 37.6. The molecule has 8 heteroatoms. The number of hydrogen-bond acceptors (Lipinski definition) is 5. The van der Waals surface area contributed by atoms with Gasteiger partial charge in [0.25, 0.3) is 11.8 Å². The number of hydrazine groups is 1. The van der Waals surface area contributed by atoms with Crippen LogP contribution in [0.2, 0.25) is 0 Å². The van der Waals surface area contributed by atoms with Crippen LogP contribution in [0.25, 0.3) is 6.08 Å². The van der Waals surface area contributed by atoms with E-state index in [0.717, 1.165) is 6.07 Å². The van der Waals surface area contributed by atoms with E-state index < -0.39 is 23.6 Å². The van der Waals surface area contributed by atoms with Crippen molar-refractivity contribution in [2.45, 2.75) is 6.92 Å². The van der Waals surface area contributed by atoms with E-state index in [9.17, 15) is 18.8 Å². The number of nitrogens with one attached hydrogen (secondary N) is 1. The summed E-state index contributed by atoms with van der Waals surface area (Å²) >= 11 is 0. The second-order valence-electron chi connectivity index (χ2n) is 6.98. The number of para-hydroxylation sites is 1. The predicted octanol–water partition coefficient (Wildman–Crippen LogP) is 3.91. The Kier molecular flexibility index (Phi) is 6.17. The van der Waals surface area contributed by atoms with Gasteiger partial charge in [-0.05, 0) is 55.0 Å². The molecule has 0 bridgehead atoms. The van der Waals surface area contributed by atoms with Gasteiger partial charge in [-0.3, -0.25) is 15.0 Å². The number of esters is 1. The summed E-state index contributed by atoms with van der Waals surface area (Å²) in [6.07, 6.45) is 1.42. The molecule has 0 aromatic heterocycles. The second-order valence-corrected chi connectivity index (χ2v) is 6.98. The van der Waals surface area contributed by atoms with E-state index in [-0.39, 0.29) is 29.2 Å². The molecule has 1 aliphatic rings. The van der Waals surface area contributed by atoms with Crippen molar-refractivity contribution in [1.82, 2.24) is 5.43 Å². The van der Waals surface area contributed by atoms with Crippen LogP contribution in [-0.2, 0) is 9.59 Å². The lowest BCUT2D eigenvalue weighted by atomic mass is 10.1. The van der Waals surface area contributed by atoms with Crippen LogP contribution in [0.1, 0.15) is 22.8 Å². The van der Waals surface area contributed by atoms with Gasteiger partial charge in [-0.1, -0.05) is 36.4 Å². The van der Waals surface area contributed by atoms with Crippen molar-refractivity contribution < 1.29 is 28.2 Å². The third-order valence-corrected chi connectivity index (χ3v) is 4.78. The zero-order valence-corrected chi connectivity index (χ0v) is 17.6. The summed E-state index contributed by atoms with van der Waals surface area (Å²) in [5, 5.41) is 1.17. The van der Waals surface area contributed by atoms with Crippen molar-refractivity contribution in [2.75, 3.05) is 11.6 Å². The van der Waals surface area contributed by atoms with Gasteiger partial charge in [0.2, 0.25) is 0 Å². The molecule has 4 rings (SSSR count). The standard InChI is InChI=1S/C25H19FN2O5/c1-2-32-22-15-16(12-13-21(22)33-25(31)18-10-6-7-11-20(18)26)14-19-23(29)27-28(24(19)30)17-8-4-3-5-9-17/h3-15H,2H2,1H3,(H,27,29)/b19-14+. The Morgan fingerprint density at radius 3 is 2.45 bits per heavy atom. The Balaban J connectivity index is 1.60. The minimum Gasteiger partial charge on any atom is -0.490 e. The minimum absolute atomic E-state index is 0.0580. The van der Waals surface area contributed by atoms with Crippen LogP contribution in [0.4, 0.5) is 10.1 Å². The highest BCUT2D eigenvalue weighted by molar-refractivity contribution is 6.31. The first kappa shape index (κ1) is 21.8. The minimum atomic E-state index is -0.871. The maximum absolute atomic E-state index is 13.9. The lowest BCUT2D eigenvalue weighted by Crippen LogP contribution is -2.35. The zero-order valence-electron chi connectivity index (χ0n) is 17.6. The average Bonchev–Trinajstić information content (AvgIpc) is 3.10. The van der Waals surface area contributed by atoms with Gasteiger partial charge in [0.05, 0.1) is 17.9 Å². The molecule has 0 unspecified atom stereocenters. The van der Waals surface area contributed by atoms with Crippen molar-refractivity contribution >= 4 is 29.5 Å². The Hall–Kier alpha value is -4.46. The van der Waals surface area contributed by atoms with Gasteiger partial charge in [-0.25, -0.2) is 14.2 Å². The molecule has 3 aromatic carbocycles. The maximum Gasteiger partial charge on any atom is 0.346 e. The molecule has 7 nitrogen and oxygen atoms in total. The quantitative estimate of drug-likeness (QED) is 0.269. The predicted molar refractivity (Wildman–Crippen MR) is 119 cm³/mol. The molecule has 0 saturated carbocycles. The number of carbonyl (C=O) groups excluding carboxylic acids is 3. The van der Waals surface area contributed by atoms with Crippen molar-refractivity contribution in [1.29, 1.82) is 0 Å². The Morgan fingerprint density at radius 2 is 1.73 bits per heavy atom. The highest BCUT2D eigenvalue weighted by atomic mass is 19.1. The molecule has 3 aromatic rings. The number of nitrogens with zero attached hydrogens (tertiary/aromatic N) is 1. The second kappa shape index (κ2) is 9.35. The van der Waals surface area contributed by atoms with Crippen LogP contribution in [-0.4, -0.2) is 24.4 Å². The zero-order chi connectivity index (χ0) is 23.4. The van der Waals surface area contributed by atoms with E-state index in [1.165, 1.54) is 41.4 Å². The van der Waals surface area contributed by atoms with Gasteiger partial charge in [-0.15, -0.1) is 0 Å². The molecule has 1 N–H and O–H groups in total. The van der Waals surface area contributed by atoms with Crippen LogP contribution in [0, 0.1) is 5.82 Å². The molecule has 2 amide bonds. The van der Waals surface area contributed by atoms with Gasteiger partial charge in [0.1, 0.15) is 11.4 Å². The summed E-state index contributed by atoms with van der Waals surface area (Å²) in [5.74, 6) is -2.32. The molecule has 166 valence electrons. The van der Waals surface area contributed by atoms with Crippen molar-refractivity contribution in [2.24, 2.45) is 0 Å². The molecule has 1 fully saturated rings. The molecule has 0 radical (unpaired) electrons. The third kappa shape index (κ3) is 4.59. The Morgan fingerprint density at radius 1 is 1.00 bits per heavy atom. The summed E-state index contributed by atoms with van der Waals surface area (Å²) < 4.78 is 24.8. The van der Waals surface area contributed by atoms with E-state index in [0.29, 0.717) is 11.3 Å². The molecule has 1 aliphatic heterocycles. The van der Waals surface area contributed by atoms with Crippen LogP contribution in [0.3, 0.4) is 0 Å². The smallest absolute Gasteiger partial charge is 0.346 e. The topological polar surface area (TPSA) is 84.9 Å². The van der Waals surface area contributed by atoms with E-state index in [1.807, 2.05) is 0 Å². The van der Waals surface area contributed by atoms with Crippen LogP contribution >= 0.6 is 0 Å². The van der Waals surface area contributed by atoms with E-state index in [2.05, 4.69) is 5.43 Å². The van der Waals surface area contributed by atoms with Crippen molar-refractivity contribution in [3.63, 3.8) is 0 Å². The van der Waals surface area contributed by atoms with Crippen LogP contribution < -0.4 is 19.9 Å². The Labute approximate surface area is 189 Å².